The third-order valence-corrected chi connectivity index (χ3v) is 4.84. The molecule has 0 spiro atoms. The molecule has 0 unspecified atom stereocenters. The lowest BCUT2D eigenvalue weighted by Crippen LogP contribution is -2.20. The summed E-state index contributed by atoms with van der Waals surface area (Å²) in [5.74, 6) is 0. The Kier molecular flexibility index (Phi) is 4.35. The van der Waals surface area contributed by atoms with Crippen molar-refractivity contribution in [3.8, 4) is 0 Å². The smallest absolute Gasteiger partial charge is 0.0463 e. The molecule has 0 aliphatic heterocycles. The molecule has 0 heterocycles. The molecule has 10 heavy (non-hydrogen) atoms. The van der Waals surface area contributed by atoms with Crippen LogP contribution in [0.1, 0.15) is 25.7 Å². The first-order valence-corrected chi connectivity index (χ1v) is 6.74. The van der Waals surface area contributed by atoms with Crippen molar-refractivity contribution in [1.82, 2.24) is 0 Å². The molecule has 0 aromatic carbocycles. The van der Waals surface area contributed by atoms with Gasteiger partial charge in [0, 0.05) is 10.6 Å². The van der Waals surface area contributed by atoms with Crippen LogP contribution in [-0.4, -0.2) is 16.9 Å². The monoisotopic (exact) mass is 196 g/mol. The Bertz CT molecular complexity index is 95.6. The molecule has 1 aliphatic carbocycles. The van der Waals surface area contributed by atoms with Gasteiger partial charge in [-0.1, -0.05) is 34.4 Å². The summed E-state index contributed by atoms with van der Waals surface area (Å²) in [6.07, 6.45) is 7.38. The molecule has 0 N–H and O–H groups in total. The van der Waals surface area contributed by atoms with Gasteiger partial charge in [-0.2, -0.15) is 0 Å². The van der Waals surface area contributed by atoms with Gasteiger partial charge in [-0.15, -0.1) is 11.6 Å². The van der Waals surface area contributed by atoms with E-state index in [2.05, 4.69) is 6.26 Å². The average molecular weight is 197 g/mol. The van der Waals surface area contributed by atoms with E-state index in [1.807, 2.05) is 21.6 Å². The summed E-state index contributed by atoms with van der Waals surface area (Å²) in [6.45, 7) is 0. The van der Waals surface area contributed by atoms with Crippen LogP contribution in [0, 0.1) is 0 Å². The predicted molar refractivity (Wildman–Crippen MR) is 53.0 cm³/mol. The molecule has 60 valence electrons. The van der Waals surface area contributed by atoms with Crippen molar-refractivity contribution >= 4 is 33.2 Å². The highest BCUT2D eigenvalue weighted by atomic mass is 35.5. The predicted octanol–water partition coefficient (Wildman–Crippen LogP) is 3.55. The quantitative estimate of drug-likeness (QED) is 0.490. The highest BCUT2D eigenvalue weighted by Crippen LogP contribution is 2.37. The summed E-state index contributed by atoms with van der Waals surface area (Å²) >= 11 is 6.13. The maximum absolute atomic E-state index is 6.13. The van der Waals surface area contributed by atoms with E-state index < -0.39 is 0 Å². The number of alkyl halides is 1. The lowest BCUT2D eigenvalue weighted by Gasteiger charge is -2.25. The Labute approximate surface area is 75.9 Å². The fraction of sp³-hybridized carbons (Fsp3) is 1.00. The molecular formula is C7H13ClS2. The van der Waals surface area contributed by atoms with Gasteiger partial charge in [0.15, 0.2) is 0 Å². The molecule has 1 rings (SSSR count). The molecule has 0 nitrogen and oxygen atoms in total. The van der Waals surface area contributed by atoms with Crippen LogP contribution >= 0.6 is 33.2 Å². The van der Waals surface area contributed by atoms with Crippen LogP contribution in [0.25, 0.3) is 0 Å². The minimum Gasteiger partial charge on any atom is -0.122 e. The van der Waals surface area contributed by atoms with Crippen molar-refractivity contribution in [3.05, 3.63) is 0 Å². The van der Waals surface area contributed by atoms with E-state index in [1.165, 1.54) is 25.7 Å². The van der Waals surface area contributed by atoms with Crippen LogP contribution in [-0.2, 0) is 0 Å². The van der Waals surface area contributed by atoms with Gasteiger partial charge in [0.1, 0.15) is 0 Å². The second-order valence-electron chi connectivity index (χ2n) is 2.60. The Morgan fingerprint density at radius 3 is 2.60 bits per heavy atom. The largest absolute Gasteiger partial charge is 0.122 e. The van der Waals surface area contributed by atoms with Gasteiger partial charge in [-0.25, -0.2) is 0 Å². The van der Waals surface area contributed by atoms with Gasteiger partial charge in [0.05, 0.1) is 0 Å². The average Bonchev–Trinajstić information content (AvgIpc) is 1.94. The van der Waals surface area contributed by atoms with Crippen molar-refractivity contribution in [2.75, 3.05) is 6.26 Å². The first-order valence-electron chi connectivity index (χ1n) is 3.68. The number of rotatable bonds is 2. The van der Waals surface area contributed by atoms with E-state index in [1.54, 1.807) is 0 Å². The van der Waals surface area contributed by atoms with Crippen LogP contribution in [0.4, 0.5) is 0 Å². The Balaban J connectivity index is 2.25. The molecule has 0 aromatic heterocycles. The molecule has 0 bridgehead atoms. The van der Waals surface area contributed by atoms with Gasteiger partial charge in [0.25, 0.3) is 0 Å². The van der Waals surface area contributed by atoms with Crippen LogP contribution < -0.4 is 0 Å². The summed E-state index contributed by atoms with van der Waals surface area (Å²) < 4.78 is 0. The summed E-state index contributed by atoms with van der Waals surface area (Å²) in [5, 5.41) is 1.15. The zero-order valence-electron chi connectivity index (χ0n) is 6.18. The van der Waals surface area contributed by atoms with Crippen LogP contribution in [0.2, 0.25) is 0 Å². The van der Waals surface area contributed by atoms with E-state index in [-0.39, 0.29) is 0 Å². The number of hydrogen-bond acceptors (Lipinski definition) is 2. The summed E-state index contributed by atoms with van der Waals surface area (Å²) in [6, 6.07) is 0. The minimum absolute atomic E-state index is 0.436. The Morgan fingerprint density at radius 2 is 2.00 bits per heavy atom. The molecule has 0 amide bonds. The third kappa shape index (κ3) is 2.55. The van der Waals surface area contributed by atoms with Crippen molar-refractivity contribution in [2.24, 2.45) is 0 Å². The van der Waals surface area contributed by atoms with Crippen molar-refractivity contribution in [2.45, 2.75) is 36.3 Å². The number of halogens is 1. The lowest BCUT2D eigenvalue weighted by molar-refractivity contribution is 0.524. The van der Waals surface area contributed by atoms with E-state index in [0.717, 1.165) is 0 Å². The maximum Gasteiger partial charge on any atom is 0.0463 e. The Morgan fingerprint density at radius 1 is 1.30 bits per heavy atom. The normalized spacial score (nSPS) is 34.2. The first kappa shape index (κ1) is 9.08. The van der Waals surface area contributed by atoms with Crippen molar-refractivity contribution in [1.29, 1.82) is 0 Å². The molecule has 2 atom stereocenters. The fourth-order valence-corrected chi connectivity index (χ4v) is 4.10. The third-order valence-electron chi connectivity index (χ3n) is 1.84. The molecule has 0 saturated heterocycles. The highest BCUT2D eigenvalue weighted by Gasteiger charge is 2.22. The van der Waals surface area contributed by atoms with Crippen LogP contribution in [0.3, 0.4) is 0 Å². The SMILES string of the molecule is CSS[C@@H]1CCCC[C@H]1Cl. The van der Waals surface area contributed by atoms with Gasteiger partial charge in [0.2, 0.25) is 0 Å². The lowest BCUT2D eigenvalue weighted by atomic mass is 10.00. The standard InChI is InChI=1S/C7H13ClS2/c1-9-10-7-5-3-2-4-6(7)8/h6-7H,2-5H2,1H3/t6-,7-/m1/s1. The summed E-state index contributed by atoms with van der Waals surface area (Å²) in [5.41, 5.74) is 0. The van der Waals surface area contributed by atoms with Gasteiger partial charge < -0.3 is 0 Å². The minimum atomic E-state index is 0.436. The molecule has 1 fully saturated rings. The topological polar surface area (TPSA) is 0 Å². The van der Waals surface area contributed by atoms with E-state index >= 15 is 0 Å². The van der Waals surface area contributed by atoms with Crippen LogP contribution in [0.15, 0.2) is 0 Å². The molecule has 1 saturated carbocycles. The van der Waals surface area contributed by atoms with Gasteiger partial charge in [-0.05, 0) is 19.1 Å². The summed E-state index contributed by atoms with van der Waals surface area (Å²) in [4.78, 5) is 0. The second kappa shape index (κ2) is 4.78. The van der Waals surface area contributed by atoms with Gasteiger partial charge in [-0.3, -0.25) is 0 Å². The second-order valence-corrected chi connectivity index (χ2v) is 5.87. The van der Waals surface area contributed by atoms with Crippen LogP contribution in [0.5, 0.6) is 0 Å². The summed E-state index contributed by atoms with van der Waals surface area (Å²) in [7, 11) is 3.79. The van der Waals surface area contributed by atoms with E-state index in [4.69, 9.17) is 11.6 Å². The Hall–Kier alpha value is 0.990. The molecule has 0 radical (unpaired) electrons. The number of hydrogen-bond donors (Lipinski definition) is 0. The first-order chi connectivity index (χ1) is 4.84. The highest BCUT2D eigenvalue weighted by molar-refractivity contribution is 8.76. The molecule has 3 heteroatoms. The fourth-order valence-electron chi connectivity index (χ4n) is 1.28. The molecule has 0 aromatic rings. The van der Waals surface area contributed by atoms with Crippen molar-refractivity contribution in [3.63, 3.8) is 0 Å². The zero-order chi connectivity index (χ0) is 7.40. The zero-order valence-corrected chi connectivity index (χ0v) is 8.57. The van der Waals surface area contributed by atoms with Gasteiger partial charge >= 0.3 is 0 Å². The van der Waals surface area contributed by atoms with E-state index in [0.29, 0.717) is 10.6 Å². The van der Waals surface area contributed by atoms with E-state index in [9.17, 15) is 0 Å². The van der Waals surface area contributed by atoms with Crippen molar-refractivity contribution < 1.29 is 0 Å². The molecular weight excluding hydrogens is 184 g/mol. The maximum atomic E-state index is 6.13. The molecule has 1 aliphatic rings.